The summed E-state index contributed by atoms with van der Waals surface area (Å²) in [7, 11) is 0. The van der Waals surface area contributed by atoms with Gasteiger partial charge < -0.3 is 4.74 Å². The van der Waals surface area contributed by atoms with Crippen molar-refractivity contribution >= 4 is 5.69 Å². The Morgan fingerprint density at radius 3 is 2.65 bits per heavy atom. The Hall–Kier alpha value is -2.94. The molecule has 0 bridgehead atoms. The summed E-state index contributed by atoms with van der Waals surface area (Å²) in [5.41, 5.74) is 1.73. The standard InChI is InChI=1S/C14H11N3O3/c1-9-5-10(2)14(12(6-9)17(18)19)20-13-4-3-11(7-15)8-16-13/h3-6,8H,1-2H3. The third-order valence-electron chi connectivity index (χ3n) is 2.67. The van der Waals surface area contributed by atoms with Gasteiger partial charge in [0.25, 0.3) is 0 Å². The van der Waals surface area contributed by atoms with E-state index in [0.29, 0.717) is 11.1 Å². The smallest absolute Gasteiger partial charge is 0.312 e. The third-order valence-corrected chi connectivity index (χ3v) is 2.67. The molecule has 20 heavy (non-hydrogen) atoms. The second-order valence-electron chi connectivity index (χ2n) is 4.29. The summed E-state index contributed by atoms with van der Waals surface area (Å²) < 4.78 is 5.49. The van der Waals surface area contributed by atoms with E-state index >= 15 is 0 Å². The van der Waals surface area contributed by atoms with Crippen molar-refractivity contribution in [3.8, 4) is 17.7 Å². The van der Waals surface area contributed by atoms with Gasteiger partial charge in [0, 0.05) is 18.3 Å². The van der Waals surface area contributed by atoms with E-state index in [4.69, 9.17) is 10.00 Å². The van der Waals surface area contributed by atoms with Gasteiger partial charge >= 0.3 is 5.69 Å². The molecule has 0 aliphatic carbocycles. The molecule has 0 amide bonds. The maximum absolute atomic E-state index is 11.1. The van der Waals surface area contributed by atoms with E-state index in [0.717, 1.165) is 5.56 Å². The highest BCUT2D eigenvalue weighted by molar-refractivity contribution is 5.54. The molecular weight excluding hydrogens is 258 g/mol. The van der Waals surface area contributed by atoms with Gasteiger partial charge in [-0.1, -0.05) is 6.07 Å². The van der Waals surface area contributed by atoms with Crippen LogP contribution in [0.3, 0.4) is 0 Å². The molecule has 1 heterocycles. The van der Waals surface area contributed by atoms with Crippen LogP contribution in [0.15, 0.2) is 30.5 Å². The Bertz CT molecular complexity index is 703. The van der Waals surface area contributed by atoms with Crippen LogP contribution in [0.5, 0.6) is 11.6 Å². The fourth-order valence-corrected chi connectivity index (χ4v) is 1.81. The minimum absolute atomic E-state index is 0.103. The van der Waals surface area contributed by atoms with E-state index in [-0.39, 0.29) is 17.3 Å². The lowest BCUT2D eigenvalue weighted by Crippen LogP contribution is -1.98. The number of benzene rings is 1. The van der Waals surface area contributed by atoms with E-state index in [9.17, 15) is 10.1 Å². The van der Waals surface area contributed by atoms with Crippen LogP contribution in [0, 0.1) is 35.3 Å². The first kappa shape index (κ1) is 13.5. The fraction of sp³-hybridized carbons (Fsp3) is 0.143. The number of nitro groups is 1. The van der Waals surface area contributed by atoms with Crippen LogP contribution in [-0.4, -0.2) is 9.91 Å². The van der Waals surface area contributed by atoms with Crippen LogP contribution < -0.4 is 4.74 Å². The van der Waals surface area contributed by atoms with Crippen molar-refractivity contribution in [1.82, 2.24) is 4.98 Å². The number of nitriles is 1. The molecule has 0 saturated heterocycles. The number of aromatic nitrogens is 1. The van der Waals surface area contributed by atoms with E-state index in [2.05, 4.69) is 4.98 Å². The molecule has 100 valence electrons. The van der Waals surface area contributed by atoms with Crippen LogP contribution in [0.1, 0.15) is 16.7 Å². The van der Waals surface area contributed by atoms with E-state index < -0.39 is 4.92 Å². The third kappa shape index (κ3) is 2.72. The molecule has 6 nitrogen and oxygen atoms in total. The summed E-state index contributed by atoms with van der Waals surface area (Å²) in [6.07, 6.45) is 1.35. The van der Waals surface area contributed by atoms with Crippen molar-refractivity contribution in [3.05, 3.63) is 57.3 Å². The SMILES string of the molecule is Cc1cc(C)c(Oc2ccc(C#N)cn2)c([N+](=O)[O-])c1. The second kappa shape index (κ2) is 5.36. The van der Waals surface area contributed by atoms with Crippen molar-refractivity contribution in [2.24, 2.45) is 0 Å². The van der Waals surface area contributed by atoms with Gasteiger partial charge in [0.05, 0.1) is 10.5 Å². The molecule has 1 aromatic heterocycles. The summed E-state index contributed by atoms with van der Waals surface area (Å²) >= 11 is 0. The largest absolute Gasteiger partial charge is 0.432 e. The van der Waals surface area contributed by atoms with Crippen molar-refractivity contribution in [3.63, 3.8) is 0 Å². The van der Waals surface area contributed by atoms with Crippen LogP contribution >= 0.6 is 0 Å². The van der Waals surface area contributed by atoms with Gasteiger partial charge in [0.1, 0.15) is 6.07 Å². The molecule has 0 spiro atoms. The number of pyridine rings is 1. The lowest BCUT2D eigenvalue weighted by Gasteiger charge is -2.09. The van der Waals surface area contributed by atoms with Gasteiger partial charge in [0.15, 0.2) is 0 Å². The molecule has 0 unspecified atom stereocenters. The Labute approximate surface area is 115 Å². The maximum Gasteiger partial charge on any atom is 0.312 e. The summed E-state index contributed by atoms with van der Waals surface area (Å²) in [6, 6.07) is 8.23. The normalized spacial score (nSPS) is 9.85. The molecule has 0 aliphatic rings. The summed E-state index contributed by atoms with van der Waals surface area (Å²) in [4.78, 5) is 14.5. The molecule has 2 aromatic rings. The number of aryl methyl sites for hydroxylation is 2. The highest BCUT2D eigenvalue weighted by Gasteiger charge is 2.19. The number of hydrogen-bond donors (Lipinski definition) is 0. The molecule has 0 fully saturated rings. The number of ether oxygens (including phenoxy) is 1. The van der Waals surface area contributed by atoms with Crippen LogP contribution in [0.2, 0.25) is 0 Å². The molecule has 0 radical (unpaired) electrons. The van der Waals surface area contributed by atoms with Crippen molar-refractivity contribution in [1.29, 1.82) is 5.26 Å². The minimum Gasteiger partial charge on any atom is -0.432 e. The fourth-order valence-electron chi connectivity index (χ4n) is 1.81. The Kier molecular flexibility index (Phi) is 3.62. The molecule has 1 aromatic carbocycles. The molecular formula is C14H11N3O3. The first-order valence-corrected chi connectivity index (χ1v) is 5.81. The van der Waals surface area contributed by atoms with E-state index in [1.165, 1.54) is 24.4 Å². The lowest BCUT2D eigenvalue weighted by atomic mass is 10.1. The van der Waals surface area contributed by atoms with Crippen molar-refractivity contribution < 1.29 is 9.66 Å². The zero-order valence-electron chi connectivity index (χ0n) is 11.0. The second-order valence-corrected chi connectivity index (χ2v) is 4.29. The van der Waals surface area contributed by atoms with Gasteiger partial charge in [-0.3, -0.25) is 10.1 Å². The van der Waals surface area contributed by atoms with E-state index in [1.54, 1.807) is 19.9 Å². The van der Waals surface area contributed by atoms with Crippen LogP contribution in [0.25, 0.3) is 0 Å². The summed E-state index contributed by atoms with van der Waals surface area (Å²) in [5.74, 6) is 0.372. The van der Waals surface area contributed by atoms with Gasteiger partial charge in [-0.15, -0.1) is 0 Å². The van der Waals surface area contributed by atoms with Gasteiger partial charge in [-0.25, -0.2) is 4.98 Å². The van der Waals surface area contributed by atoms with Gasteiger partial charge in [-0.2, -0.15) is 5.26 Å². The Morgan fingerprint density at radius 1 is 1.35 bits per heavy atom. The average molecular weight is 269 g/mol. The number of rotatable bonds is 3. The molecule has 6 heteroatoms. The van der Waals surface area contributed by atoms with Crippen LogP contribution in [0.4, 0.5) is 5.69 Å². The quantitative estimate of drug-likeness (QED) is 0.630. The molecule has 0 saturated carbocycles. The predicted octanol–water partition coefficient (Wildman–Crippen LogP) is 3.27. The zero-order valence-corrected chi connectivity index (χ0v) is 11.0. The number of hydrogen-bond acceptors (Lipinski definition) is 5. The van der Waals surface area contributed by atoms with Crippen molar-refractivity contribution in [2.75, 3.05) is 0 Å². The monoisotopic (exact) mass is 269 g/mol. The van der Waals surface area contributed by atoms with Crippen LogP contribution in [-0.2, 0) is 0 Å². The van der Waals surface area contributed by atoms with Gasteiger partial charge in [-0.05, 0) is 31.0 Å². The molecule has 0 atom stereocenters. The van der Waals surface area contributed by atoms with E-state index in [1.807, 2.05) is 6.07 Å². The first-order chi connectivity index (χ1) is 9.51. The zero-order chi connectivity index (χ0) is 14.7. The highest BCUT2D eigenvalue weighted by Crippen LogP contribution is 2.34. The summed E-state index contributed by atoms with van der Waals surface area (Å²) in [6.45, 7) is 3.52. The number of nitrogens with zero attached hydrogens (tertiary/aromatic N) is 3. The highest BCUT2D eigenvalue weighted by atomic mass is 16.6. The Balaban J connectivity index is 2.42. The molecule has 0 aliphatic heterocycles. The van der Waals surface area contributed by atoms with Crippen molar-refractivity contribution in [2.45, 2.75) is 13.8 Å². The molecule has 0 N–H and O–H groups in total. The topological polar surface area (TPSA) is 89.0 Å². The number of nitro benzene ring substituents is 1. The summed E-state index contributed by atoms with van der Waals surface area (Å²) in [5, 5.41) is 19.8. The lowest BCUT2D eigenvalue weighted by molar-refractivity contribution is -0.385. The average Bonchev–Trinajstić information content (AvgIpc) is 2.42. The predicted molar refractivity (Wildman–Crippen MR) is 71.6 cm³/mol. The Morgan fingerprint density at radius 2 is 2.10 bits per heavy atom. The molecule has 2 rings (SSSR count). The van der Waals surface area contributed by atoms with Gasteiger partial charge in [0.2, 0.25) is 11.6 Å². The maximum atomic E-state index is 11.1. The minimum atomic E-state index is -0.487. The first-order valence-electron chi connectivity index (χ1n) is 5.81.